The molecule has 1 aromatic heterocycles. The number of hydrogen-bond acceptors (Lipinski definition) is 3. The lowest BCUT2D eigenvalue weighted by Gasteiger charge is -2.13. The fourth-order valence-electron chi connectivity index (χ4n) is 1.09. The van der Waals surface area contributed by atoms with Gasteiger partial charge in [-0.25, -0.2) is 9.37 Å². The van der Waals surface area contributed by atoms with Crippen molar-refractivity contribution in [3.63, 3.8) is 0 Å². The van der Waals surface area contributed by atoms with Crippen molar-refractivity contribution in [1.29, 1.82) is 0 Å². The lowest BCUT2D eigenvalue weighted by Crippen LogP contribution is -2.17. The fraction of sp³-hybridized carbons (Fsp3) is 0.500. The summed E-state index contributed by atoms with van der Waals surface area (Å²) in [6.45, 7) is 2.03. The average Bonchev–Trinajstić information content (AvgIpc) is 2.18. The molecule has 0 aliphatic heterocycles. The van der Waals surface area contributed by atoms with Gasteiger partial charge in [-0.15, -0.1) is 0 Å². The van der Waals surface area contributed by atoms with Gasteiger partial charge in [0.05, 0.1) is 0 Å². The standard InChI is InChI=1S/C10H15FN2S/c1-8(5-7-14-2)13-10-9(11)4-3-6-12-10/h3-4,6,8H,5,7H2,1-2H3,(H,12,13). The number of aromatic nitrogens is 1. The highest BCUT2D eigenvalue weighted by Gasteiger charge is 2.05. The maximum absolute atomic E-state index is 13.1. The highest BCUT2D eigenvalue weighted by Crippen LogP contribution is 2.11. The molecule has 0 aliphatic carbocycles. The van der Waals surface area contributed by atoms with Gasteiger partial charge in [0.1, 0.15) is 0 Å². The number of halogens is 1. The van der Waals surface area contributed by atoms with E-state index in [0.717, 1.165) is 12.2 Å². The van der Waals surface area contributed by atoms with E-state index in [-0.39, 0.29) is 11.9 Å². The Morgan fingerprint density at radius 2 is 2.43 bits per heavy atom. The van der Waals surface area contributed by atoms with Gasteiger partial charge in [-0.05, 0) is 37.5 Å². The van der Waals surface area contributed by atoms with Gasteiger partial charge < -0.3 is 5.32 Å². The largest absolute Gasteiger partial charge is 0.365 e. The summed E-state index contributed by atoms with van der Waals surface area (Å²) >= 11 is 1.79. The molecule has 1 N–H and O–H groups in total. The number of nitrogens with one attached hydrogen (secondary N) is 1. The molecule has 0 fully saturated rings. The molecule has 1 heterocycles. The Bertz CT molecular complexity index is 281. The molecule has 1 unspecified atom stereocenters. The van der Waals surface area contributed by atoms with Crippen LogP contribution < -0.4 is 5.32 Å². The van der Waals surface area contributed by atoms with Gasteiger partial charge in [-0.2, -0.15) is 11.8 Å². The topological polar surface area (TPSA) is 24.9 Å². The Morgan fingerprint density at radius 1 is 1.64 bits per heavy atom. The van der Waals surface area contributed by atoms with E-state index in [1.54, 1.807) is 24.0 Å². The molecule has 0 spiro atoms. The molecule has 0 bridgehead atoms. The van der Waals surface area contributed by atoms with Crippen LogP contribution in [0.2, 0.25) is 0 Å². The first-order valence-electron chi connectivity index (χ1n) is 4.60. The van der Waals surface area contributed by atoms with E-state index in [1.807, 2.05) is 6.92 Å². The van der Waals surface area contributed by atoms with Crippen LogP contribution in [0, 0.1) is 5.82 Å². The normalized spacial score (nSPS) is 12.5. The van der Waals surface area contributed by atoms with E-state index >= 15 is 0 Å². The minimum atomic E-state index is -0.288. The Morgan fingerprint density at radius 3 is 3.07 bits per heavy atom. The Labute approximate surface area is 88.3 Å². The molecule has 0 saturated carbocycles. The zero-order valence-electron chi connectivity index (χ0n) is 8.46. The monoisotopic (exact) mass is 214 g/mol. The minimum Gasteiger partial charge on any atom is -0.365 e. The number of rotatable bonds is 5. The molecule has 1 rings (SSSR count). The molecule has 2 nitrogen and oxygen atoms in total. The summed E-state index contributed by atoms with van der Waals surface area (Å²) in [6.07, 6.45) is 4.66. The van der Waals surface area contributed by atoms with E-state index in [1.165, 1.54) is 6.07 Å². The summed E-state index contributed by atoms with van der Waals surface area (Å²) in [6, 6.07) is 3.26. The van der Waals surface area contributed by atoms with Crippen LogP contribution in [0.1, 0.15) is 13.3 Å². The van der Waals surface area contributed by atoms with Gasteiger partial charge in [0.2, 0.25) is 0 Å². The van der Waals surface area contributed by atoms with Crippen LogP contribution in [-0.4, -0.2) is 23.0 Å². The number of anilines is 1. The molecular weight excluding hydrogens is 199 g/mol. The summed E-state index contributed by atoms with van der Waals surface area (Å²) < 4.78 is 13.1. The second kappa shape index (κ2) is 5.86. The van der Waals surface area contributed by atoms with Crippen molar-refractivity contribution in [2.75, 3.05) is 17.3 Å². The molecule has 0 radical (unpaired) electrons. The molecule has 4 heteroatoms. The van der Waals surface area contributed by atoms with E-state index in [0.29, 0.717) is 5.82 Å². The zero-order chi connectivity index (χ0) is 10.4. The van der Waals surface area contributed by atoms with Crippen LogP contribution in [0.5, 0.6) is 0 Å². The highest BCUT2D eigenvalue weighted by molar-refractivity contribution is 7.98. The first-order chi connectivity index (χ1) is 6.74. The molecule has 78 valence electrons. The van der Waals surface area contributed by atoms with Gasteiger partial charge in [-0.1, -0.05) is 0 Å². The predicted molar refractivity (Wildman–Crippen MR) is 60.3 cm³/mol. The number of hydrogen-bond donors (Lipinski definition) is 1. The first kappa shape index (κ1) is 11.3. The van der Waals surface area contributed by atoms with E-state index in [9.17, 15) is 4.39 Å². The van der Waals surface area contributed by atoms with E-state index < -0.39 is 0 Å². The van der Waals surface area contributed by atoms with Crippen molar-refractivity contribution in [3.05, 3.63) is 24.1 Å². The molecule has 0 aliphatic rings. The molecule has 0 amide bonds. The number of thioether (sulfide) groups is 1. The predicted octanol–water partition coefficient (Wildman–Crippen LogP) is 2.77. The third-order valence-electron chi connectivity index (χ3n) is 1.90. The van der Waals surface area contributed by atoms with Crippen LogP contribution in [0.25, 0.3) is 0 Å². The van der Waals surface area contributed by atoms with Crippen molar-refractivity contribution in [2.24, 2.45) is 0 Å². The zero-order valence-corrected chi connectivity index (χ0v) is 9.27. The second-order valence-electron chi connectivity index (χ2n) is 3.16. The summed E-state index contributed by atoms with van der Waals surface area (Å²) in [5.74, 6) is 1.13. The maximum atomic E-state index is 13.1. The Balaban J connectivity index is 2.47. The smallest absolute Gasteiger partial charge is 0.165 e. The summed E-state index contributed by atoms with van der Waals surface area (Å²) in [7, 11) is 0. The van der Waals surface area contributed by atoms with Crippen molar-refractivity contribution in [1.82, 2.24) is 4.98 Å². The fourth-order valence-corrected chi connectivity index (χ4v) is 1.68. The average molecular weight is 214 g/mol. The third kappa shape index (κ3) is 3.54. The van der Waals surface area contributed by atoms with E-state index in [2.05, 4.69) is 16.6 Å². The van der Waals surface area contributed by atoms with Gasteiger partial charge in [0.15, 0.2) is 11.6 Å². The summed E-state index contributed by atoms with van der Waals surface area (Å²) in [5, 5.41) is 3.05. The van der Waals surface area contributed by atoms with Crippen molar-refractivity contribution < 1.29 is 4.39 Å². The third-order valence-corrected chi connectivity index (χ3v) is 2.54. The maximum Gasteiger partial charge on any atom is 0.165 e. The highest BCUT2D eigenvalue weighted by atomic mass is 32.2. The van der Waals surface area contributed by atoms with Crippen LogP contribution >= 0.6 is 11.8 Å². The van der Waals surface area contributed by atoms with Crippen LogP contribution in [0.3, 0.4) is 0 Å². The van der Waals surface area contributed by atoms with Crippen molar-refractivity contribution in [3.8, 4) is 0 Å². The van der Waals surface area contributed by atoms with Crippen LogP contribution in [0.4, 0.5) is 10.2 Å². The van der Waals surface area contributed by atoms with Gasteiger partial charge in [-0.3, -0.25) is 0 Å². The lowest BCUT2D eigenvalue weighted by molar-refractivity contribution is 0.618. The molecule has 1 aromatic rings. The lowest BCUT2D eigenvalue weighted by atomic mass is 10.2. The molecule has 14 heavy (non-hydrogen) atoms. The first-order valence-corrected chi connectivity index (χ1v) is 5.99. The molecular formula is C10H15FN2S. The SMILES string of the molecule is CSCCC(C)Nc1ncccc1F. The molecule has 0 saturated heterocycles. The van der Waals surface area contributed by atoms with Gasteiger partial charge in [0, 0.05) is 12.2 Å². The van der Waals surface area contributed by atoms with Gasteiger partial charge >= 0.3 is 0 Å². The quantitative estimate of drug-likeness (QED) is 0.815. The Hall–Kier alpha value is -0.770. The Kier molecular flexibility index (Phi) is 4.73. The van der Waals surface area contributed by atoms with Crippen LogP contribution in [-0.2, 0) is 0 Å². The summed E-state index contributed by atoms with van der Waals surface area (Å²) in [5.41, 5.74) is 0. The van der Waals surface area contributed by atoms with E-state index in [4.69, 9.17) is 0 Å². The number of nitrogens with zero attached hydrogens (tertiary/aromatic N) is 1. The number of pyridine rings is 1. The summed E-state index contributed by atoms with van der Waals surface area (Å²) in [4.78, 5) is 3.93. The molecule has 1 atom stereocenters. The second-order valence-corrected chi connectivity index (χ2v) is 4.15. The van der Waals surface area contributed by atoms with Gasteiger partial charge in [0.25, 0.3) is 0 Å². The van der Waals surface area contributed by atoms with Crippen LogP contribution in [0.15, 0.2) is 18.3 Å². The van der Waals surface area contributed by atoms with Crippen molar-refractivity contribution in [2.45, 2.75) is 19.4 Å². The minimum absolute atomic E-state index is 0.256. The molecule has 0 aromatic carbocycles. The van der Waals surface area contributed by atoms with Crippen molar-refractivity contribution >= 4 is 17.6 Å².